The summed E-state index contributed by atoms with van der Waals surface area (Å²) in [4.78, 5) is 30.8. The van der Waals surface area contributed by atoms with Crippen LogP contribution in [0.3, 0.4) is 0 Å². The molecule has 1 spiro atoms. The summed E-state index contributed by atoms with van der Waals surface area (Å²) in [5, 5.41) is 6.27. The number of amides is 2. The summed E-state index contributed by atoms with van der Waals surface area (Å²) < 4.78 is 18.4. The summed E-state index contributed by atoms with van der Waals surface area (Å²) in [6, 6.07) is 4.98. The topological polar surface area (TPSA) is 88.3 Å². The number of likely N-dealkylation sites (tertiary alicyclic amines) is 1. The van der Waals surface area contributed by atoms with Crippen LogP contribution in [-0.4, -0.2) is 46.0 Å². The molecule has 0 radical (unpaired) electrons. The Balaban J connectivity index is 1.35. The van der Waals surface area contributed by atoms with Gasteiger partial charge in [0.25, 0.3) is 17.6 Å². The van der Waals surface area contributed by atoms with Crippen molar-refractivity contribution >= 4 is 11.8 Å². The number of nitrogens with one attached hydrogen (secondary N) is 1. The van der Waals surface area contributed by atoms with E-state index in [1.807, 2.05) is 4.90 Å². The largest absolute Gasteiger partial charge is 0.341 e. The first-order chi connectivity index (χ1) is 13.5. The van der Waals surface area contributed by atoms with Crippen LogP contribution < -0.4 is 5.32 Å². The minimum atomic E-state index is -0.681. The van der Waals surface area contributed by atoms with Crippen molar-refractivity contribution in [3.63, 3.8) is 0 Å². The Kier molecular flexibility index (Phi) is 4.87. The van der Waals surface area contributed by atoms with E-state index in [0.29, 0.717) is 11.0 Å². The molecule has 1 saturated heterocycles. The molecule has 1 aliphatic carbocycles. The van der Waals surface area contributed by atoms with Crippen LogP contribution in [0.4, 0.5) is 4.39 Å². The van der Waals surface area contributed by atoms with Gasteiger partial charge in [0.2, 0.25) is 5.91 Å². The van der Waals surface area contributed by atoms with Gasteiger partial charge < -0.3 is 14.7 Å². The van der Waals surface area contributed by atoms with Crippen molar-refractivity contribution in [3.05, 3.63) is 35.9 Å². The number of piperidine rings is 1. The van der Waals surface area contributed by atoms with Crippen molar-refractivity contribution in [2.45, 2.75) is 45.1 Å². The Hall–Kier alpha value is -2.77. The van der Waals surface area contributed by atoms with E-state index in [1.54, 1.807) is 13.0 Å². The summed E-state index contributed by atoms with van der Waals surface area (Å²) >= 11 is 0. The summed E-state index contributed by atoms with van der Waals surface area (Å²) in [5.41, 5.74) is 0.843. The van der Waals surface area contributed by atoms with Crippen LogP contribution in [-0.2, 0) is 4.79 Å². The third-order valence-electron chi connectivity index (χ3n) is 5.97. The molecule has 1 atom stereocenters. The summed E-state index contributed by atoms with van der Waals surface area (Å²) in [6.45, 7) is 3.14. The number of carbonyl (C=O) groups excluding carboxylic acids is 2. The number of halogens is 1. The van der Waals surface area contributed by atoms with Crippen LogP contribution in [0.2, 0.25) is 0 Å². The molecule has 2 aromatic rings. The second kappa shape index (κ2) is 7.33. The first kappa shape index (κ1) is 18.6. The van der Waals surface area contributed by atoms with Gasteiger partial charge in [-0.3, -0.25) is 9.59 Å². The first-order valence-electron chi connectivity index (χ1n) is 9.65. The molecule has 2 amide bonds. The van der Waals surface area contributed by atoms with Gasteiger partial charge in [-0.15, -0.1) is 0 Å². The minimum Gasteiger partial charge on any atom is -0.341 e. The molecule has 2 fully saturated rings. The number of hydrogen-bond acceptors (Lipinski definition) is 5. The molecule has 0 unspecified atom stereocenters. The highest BCUT2D eigenvalue weighted by Crippen LogP contribution is 2.48. The molecule has 1 aromatic heterocycles. The zero-order valence-electron chi connectivity index (χ0n) is 15.8. The maximum atomic E-state index is 13.3. The Morgan fingerprint density at radius 3 is 2.64 bits per heavy atom. The van der Waals surface area contributed by atoms with E-state index in [9.17, 15) is 14.0 Å². The fraction of sp³-hybridized carbons (Fsp3) is 0.500. The molecule has 1 aromatic carbocycles. The number of rotatable bonds is 4. The van der Waals surface area contributed by atoms with Crippen molar-refractivity contribution in [1.82, 2.24) is 20.4 Å². The Labute approximate surface area is 162 Å². The van der Waals surface area contributed by atoms with E-state index in [1.165, 1.54) is 37.5 Å². The number of carbonyl (C=O) groups is 2. The lowest BCUT2D eigenvalue weighted by Gasteiger charge is -2.48. The second-order valence-electron chi connectivity index (χ2n) is 7.81. The van der Waals surface area contributed by atoms with Crippen molar-refractivity contribution in [2.24, 2.45) is 5.41 Å². The van der Waals surface area contributed by atoms with Crippen LogP contribution in [0.1, 0.15) is 49.6 Å². The Bertz CT molecular complexity index is 883. The average molecular weight is 386 g/mol. The molecule has 0 bridgehead atoms. The standard InChI is InChI=1S/C20H23FN4O3/c1-13(19(27)25-10-8-20(9-11-25)6-3-7-20)22-17(26)16-23-18(28-24-16)14-4-2-5-15(21)12-14/h2,4-5,12-13H,3,6-11H2,1H3,(H,22,26)/t13-/m0/s1. The monoisotopic (exact) mass is 386 g/mol. The highest BCUT2D eigenvalue weighted by molar-refractivity contribution is 5.94. The van der Waals surface area contributed by atoms with Crippen LogP contribution in [0, 0.1) is 11.2 Å². The van der Waals surface area contributed by atoms with Gasteiger partial charge >= 0.3 is 0 Å². The lowest BCUT2D eigenvalue weighted by molar-refractivity contribution is -0.136. The van der Waals surface area contributed by atoms with Crippen LogP contribution in [0.25, 0.3) is 11.5 Å². The zero-order valence-corrected chi connectivity index (χ0v) is 15.8. The van der Waals surface area contributed by atoms with Gasteiger partial charge in [0.15, 0.2) is 0 Å². The van der Waals surface area contributed by atoms with E-state index in [2.05, 4.69) is 15.5 Å². The molecule has 1 saturated carbocycles. The lowest BCUT2D eigenvalue weighted by atomic mass is 9.63. The summed E-state index contributed by atoms with van der Waals surface area (Å²) in [7, 11) is 0. The van der Waals surface area contributed by atoms with Crippen molar-refractivity contribution in [3.8, 4) is 11.5 Å². The number of nitrogens with zero attached hydrogens (tertiary/aromatic N) is 3. The summed E-state index contributed by atoms with van der Waals surface area (Å²) in [6.07, 6.45) is 5.92. The highest BCUT2D eigenvalue weighted by Gasteiger charge is 2.41. The molecule has 8 heteroatoms. The number of hydrogen-bond donors (Lipinski definition) is 1. The van der Waals surface area contributed by atoms with E-state index >= 15 is 0 Å². The van der Waals surface area contributed by atoms with Gasteiger partial charge in [0.05, 0.1) is 0 Å². The van der Waals surface area contributed by atoms with E-state index in [-0.39, 0.29) is 17.6 Å². The van der Waals surface area contributed by atoms with Gasteiger partial charge in [-0.1, -0.05) is 17.6 Å². The van der Waals surface area contributed by atoms with E-state index in [0.717, 1.165) is 25.9 Å². The van der Waals surface area contributed by atoms with Gasteiger partial charge in [0.1, 0.15) is 11.9 Å². The molecular weight excluding hydrogens is 363 g/mol. The second-order valence-corrected chi connectivity index (χ2v) is 7.81. The molecule has 1 aliphatic heterocycles. The SMILES string of the molecule is C[C@H](NC(=O)c1noc(-c2cccc(F)c2)n1)C(=O)N1CCC2(CCC2)CC1. The van der Waals surface area contributed by atoms with Gasteiger partial charge in [-0.25, -0.2) is 4.39 Å². The highest BCUT2D eigenvalue weighted by atomic mass is 19.1. The summed E-state index contributed by atoms with van der Waals surface area (Å²) in [5.74, 6) is -1.28. The first-order valence-corrected chi connectivity index (χ1v) is 9.65. The molecule has 1 N–H and O–H groups in total. The predicted octanol–water partition coefficient (Wildman–Crippen LogP) is 2.79. The van der Waals surface area contributed by atoms with Gasteiger partial charge in [0, 0.05) is 18.7 Å². The van der Waals surface area contributed by atoms with Crippen LogP contribution in [0.15, 0.2) is 28.8 Å². The van der Waals surface area contributed by atoms with Gasteiger partial charge in [-0.2, -0.15) is 4.98 Å². The lowest BCUT2D eigenvalue weighted by Crippen LogP contribution is -2.52. The van der Waals surface area contributed by atoms with E-state index in [4.69, 9.17) is 4.52 Å². The van der Waals surface area contributed by atoms with E-state index < -0.39 is 17.8 Å². The fourth-order valence-corrected chi connectivity index (χ4v) is 4.03. The fourth-order valence-electron chi connectivity index (χ4n) is 4.03. The van der Waals surface area contributed by atoms with Crippen LogP contribution >= 0.6 is 0 Å². The Morgan fingerprint density at radius 2 is 2.00 bits per heavy atom. The maximum Gasteiger partial charge on any atom is 0.293 e. The number of benzene rings is 1. The zero-order chi connectivity index (χ0) is 19.7. The molecule has 28 heavy (non-hydrogen) atoms. The smallest absolute Gasteiger partial charge is 0.293 e. The minimum absolute atomic E-state index is 0.0467. The predicted molar refractivity (Wildman–Crippen MR) is 98.7 cm³/mol. The molecule has 2 aliphatic rings. The maximum absolute atomic E-state index is 13.3. The van der Waals surface area contributed by atoms with Crippen molar-refractivity contribution < 1.29 is 18.5 Å². The van der Waals surface area contributed by atoms with Crippen molar-refractivity contribution in [2.75, 3.05) is 13.1 Å². The third kappa shape index (κ3) is 3.63. The molecule has 7 nitrogen and oxygen atoms in total. The quantitative estimate of drug-likeness (QED) is 0.873. The molecule has 2 heterocycles. The molecular formula is C20H23FN4O3. The normalized spacial score (nSPS) is 19.1. The average Bonchev–Trinajstić information content (AvgIpc) is 3.16. The third-order valence-corrected chi connectivity index (χ3v) is 5.97. The Morgan fingerprint density at radius 1 is 1.25 bits per heavy atom. The van der Waals surface area contributed by atoms with Crippen LogP contribution in [0.5, 0.6) is 0 Å². The molecule has 148 valence electrons. The van der Waals surface area contributed by atoms with Gasteiger partial charge in [-0.05, 0) is 56.2 Å². The molecule has 4 rings (SSSR count). The van der Waals surface area contributed by atoms with Crippen molar-refractivity contribution in [1.29, 1.82) is 0 Å². The number of aromatic nitrogens is 2.